The third kappa shape index (κ3) is 2.31. The van der Waals surface area contributed by atoms with E-state index < -0.39 is 11.8 Å². The van der Waals surface area contributed by atoms with E-state index in [1.54, 1.807) is 10.8 Å². The second-order valence-electron chi connectivity index (χ2n) is 5.01. The number of allylic oxidation sites excluding steroid dienone is 2. The number of rotatable bonds is 2. The van der Waals surface area contributed by atoms with Gasteiger partial charge in [0.1, 0.15) is 24.6 Å². The van der Waals surface area contributed by atoms with Crippen molar-refractivity contribution in [3.63, 3.8) is 0 Å². The molecule has 1 aromatic carbocycles. The summed E-state index contributed by atoms with van der Waals surface area (Å²) in [5, 5.41) is 3.92. The van der Waals surface area contributed by atoms with E-state index in [2.05, 4.69) is 5.16 Å². The fraction of sp³-hybridized carbons (Fsp3) is 0.250. The summed E-state index contributed by atoms with van der Waals surface area (Å²) in [6.45, 7) is 0.431. The van der Waals surface area contributed by atoms with Crippen molar-refractivity contribution in [1.29, 1.82) is 0 Å². The quantitative estimate of drug-likeness (QED) is 0.472. The Labute approximate surface area is 131 Å². The highest BCUT2D eigenvalue weighted by Crippen LogP contribution is 2.41. The van der Waals surface area contributed by atoms with E-state index in [4.69, 9.17) is 9.57 Å². The first-order valence-electron chi connectivity index (χ1n) is 6.87. The van der Waals surface area contributed by atoms with Gasteiger partial charge in [-0.15, -0.1) is 0 Å². The number of esters is 1. The molecule has 0 bridgehead atoms. The standard InChI is InChI=1S/C16H13FN2O4/c1-22-16(21)14-5-9(8-20)11-6-10(17)7-12-13(18-23-2)3-4-19(14)15(11)12/h5-7H,3-4H2,1-2H3. The molecule has 0 aromatic heterocycles. The predicted octanol–water partition coefficient (Wildman–Crippen LogP) is 1.67. The van der Waals surface area contributed by atoms with Crippen LogP contribution >= 0.6 is 0 Å². The third-order valence-corrected chi connectivity index (χ3v) is 3.80. The zero-order valence-corrected chi connectivity index (χ0v) is 12.6. The largest absolute Gasteiger partial charge is 0.464 e. The molecule has 0 saturated carbocycles. The van der Waals surface area contributed by atoms with Gasteiger partial charge < -0.3 is 14.5 Å². The van der Waals surface area contributed by atoms with Crippen LogP contribution in [0.3, 0.4) is 0 Å². The van der Waals surface area contributed by atoms with Gasteiger partial charge in [-0.3, -0.25) is 0 Å². The number of ether oxygens (including phenoxy) is 1. The summed E-state index contributed by atoms with van der Waals surface area (Å²) in [7, 11) is 2.66. The van der Waals surface area contributed by atoms with E-state index >= 15 is 0 Å². The molecule has 1 aromatic rings. The maximum absolute atomic E-state index is 14.0. The van der Waals surface area contributed by atoms with Gasteiger partial charge in [0, 0.05) is 24.1 Å². The van der Waals surface area contributed by atoms with Crippen LogP contribution in [0.25, 0.3) is 5.57 Å². The summed E-state index contributed by atoms with van der Waals surface area (Å²) >= 11 is 0. The van der Waals surface area contributed by atoms with Crippen molar-refractivity contribution in [3.8, 4) is 0 Å². The van der Waals surface area contributed by atoms with Gasteiger partial charge in [0.05, 0.1) is 24.1 Å². The maximum Gasteiger partial charge on any atom is 0.354 e. The van der Waals surface area contributed by atoms with Crippen LogP contribution < -0.4 is 4.90 Å². The Morgan fingerprint density at radius 1 is 1.35 bits per heavy atom. The van der Waals surface area contributed by atoms with Crippen LogP contribution in [0.1, 0.15) is 17.5 Å². The first-order valence-corrected chi connectivity index (χ1v) is 6.87. The number of hydrogen-bond acceptors (Lipinski definition) is 6. The van der Waals surface area contributed by atoms with Crippen molar-refractivity contribution < 1.29 is 23.6 Å². The highest BCUT2D eigenvalue weighted by atomic mass is 19.1. The monoisotopic (exact) mass is 316 g/mol. The molecule has 0 atom stereocenters. The van der Waals surface area contributed by atoms with Crippen molar-refractivity contribution in [2.24, 2.45) is 5.16 Å². The summed E-state index contributed by atoms with van der Waals surface area (Å²) in [6, 6.07) is 2.55. The molecule has 0 unspecified atom stereocenters. The lowest BCUT2D eigenvalue weighted by molar-refractivity contribution is -0.136. The highest BCUT2D eigenvalue weighted by Gasteiger charge is 2.35. The topological polar surface area (TPSA) is 68.2 Å². The molecule has 6 nitrogen and oxygen atoms in total. The van der Waals surface area contributed by atoms with E-state index in [1.807, 2.05) is 0 Å². The van der Waals surface area contributed by atoms with Crippen LogP contribution in [0, 0.1) is 5.82 Å². The number of nitrogens with zero attached hydrogens (tertiary/aromatic N) is 2. The number of methoxy groups -OCH3 is 1. The molecule has 2 aliphatic rings. The van der Waals surface area contributed by atoms with Crippen molar-refractivity contribution in [2.45, 2.75) is 6.42 Å². The molecule has 0 amide bonds. The Kier molecular flexibility index (Phi) is 3.72. The van der Waals surface area contributed by atoms with Crippen molar-refractivity contribution in [1.82, 2.24) is 0 Å². The average molecular weight is 316 g/mol. The predicted molar refractivity (Wildman–Crippen MR) is 81.1 cm³/mol. The lowest BCUT2D eigenvalue weighted by Crippen LogP contribution is -2.38. The van der Waals surface area contributed by atoms with Gasteiger partial charge in [-0.05, 0) is 18.2 Å². The minimum Gasteiger partial charge on any atom is -0.464 e. The number of carbonyl (C=O) groups excluding carboxylic acids is 2. The van der Waals surface area contributed by atoms with E-state index in [9.17, 15) is 14.0 Å². The van der Waals surface area contributed by atoms with Gasteiger partial charge in [-0.2, -0.15) is 0 Å². The second-order valence-corrected chi connectivity index (χ2v) is 5.01. The van der Waals surface area contributed by atoms with Gasteiger partial charge in [0.15, 0.2) is 0 Å². The third-order valence-electron chi connectivity index (χ3n) is 3.80. The summed E-state index contributed by atoms with van der Waals surface area (Å²) in [5.41, 5.74) is 2.24. The zero-order valence-electron chi connectivity index (χ0n) is 12.6. The maximum atomic E-state index is 14.0. The minimum atomic E-state index is -0.578. The van der Waals surface area contributed by atoms with Gasteiger partial charge in [0.2, 0.25) is 0 Å². The van der Waals surface area contributed by atoms with Crippen molar-refractivity contribution >= 4 is 28.9 Å². The van der Waals surface area contributed by atoms with Crippen molar-refractivity contribution in [3.05, 3.63) is 40.8 Å². The van der Waals surface area contributed by atoms with Crippen molar-refractivity contribution in [2.75, 3.05) is 25.7 Å². The van der Waals surface area contributed by atoms with Crippen LogP contribution in [0.2, 0.25) is 0 Å². The van der Waals surface area contributed by atoms with Crippen LogP contribution in [0.4, 0.5) is 10.1 Å². The Morgan fingerprint density at radius 3 is 2.74 bits per heavy atom. The lowest BCUT2D eigenvalue weighted by atomic mass is 9.89. The normalized spacial score (nSPS) is 17.3. The Bertz CT molecular complexity index is 807. The molecule has 3 rings (SSSR count). The Hall–Kier alpha value is -2.92. The van der Waals surface area contributed by atoms with Crippen LogP contribution in [0.15, 0.2) is 29.1 Å². The minimum absolute atomic E-state index is 0.0936. The van der Waals surface area contributed by atoms with Gasteiger partial charge in [0.25, 0.3) is 0 Å². The molecule has 0 saturated heterocycles. The SMILES string of the molecule is CON=C1CCN2C(C(=O)OC)=CC(=C=O)c3cc(F)cc1c32. The number of halogens is 1. The van der Waals surface area contributed by atoms with Gasteiger partial charge in [-0.25, -0.2) is 14.0 Å². The van der Waals surface area contributed by atoms with Crippen LogP contribution in [0.5, 0.6) is 0 Å². The lowest BCUT2D eigenvalue weighted by Gasteiger charge is -2.36. The summed E-state index contributed by atoms with van der Waals surface area (Å²) in [5.74, 6) is 0.672. The number of oxime groups is 1. The number of carbonyl (C=O) groups is 1. The molecule has 0 spiro atoms. The molecule has 0 radical (unpaired) electrons. The van der Waals surface area contributed by atoms with Crippen LogP contribution in [-0.4, -0.2) is 38.4 Å². The molecule has 2 heterocycles. The molecule has 0 N–H and O–H groups in total. The molecule has 23 heavy (non-hydrogen) atoms. The molecule has 7 heteroatoms. The number of hydrogen-bond donors (Lipinski definition) is 0. The van der Waals surface area contributed by atoms with Gasteiger partial charge in [-0.1, -0.05) is 5.16 Å². The molecular formula is C16H13FN2O4. The second kappa shape index (κ2) is 5.70. The molecule has 0 fully saturated rings. The number of benzene rings is 1. The fourth-order valence-corrected chi connectivity index (χ4v) is 2.88. The zero-order chi connectivity index (χ0) is 16.6. The van der Waals surface area contributed by atoms with E-state index in [0.717, 1.165) is 0 Å². The smallest absolute Gasteiger partial charge is 0.354 e. The number of anilines is 1. The first kappa shape index (κ1) is 15.0. The fourth-order valence-electron chi connectivity index (χ4n) is 2.88. The summed E-state index contributed by atoms with van der Waals surface area (Å²) in [6.07, 6.45) is 1.82. The molecule has 2 aliphatic heterocycles. The van der Waals surface area contributed by atoms with Crippen LogP contribution in [-0.2, 0) is 19.2 Å². The Balaban J connectivity index is 2.30. The first-order chi connectivity index (χ1) is 11.1. The average Bonchev–Trinajstić information content (AvgIpc) is 2.56. The molecular weight excluding hydrogens is 303 g/mol. The molecule has 118 valence electrons. The van der Waals surface area contributed by atoms with Gasteiger partial charge >= 0.3 is 5.97 Å². The van der Waals surface area contributed by atoms with E-state index in [0.29, 0.717) is 35.5 Å². The van der Waals surface area contributed by atoms with E-state index in [-0.39, 0.29) is 11.3 Å². The molecule has 0 aliphatic carbocycles. The summed E-state index contributed by atoms with van der Waals surface area (Å²) < 4.78 is 18.7. The highest BCUT2D eigenvalue weighted by molar-refractivity contribution is 6.15. The summed E-state index contributed by atoms with van der Waals surface area (Å²) in [4.78, 5) is 29.8. The Morgan fingerprint density at radius 2 is 2.09 bits per heavy atom. The van der Waals surface area contributed by atoms with E-state index in [1.165, 1.54) is 32.4 Å².